The molecule has 0 atom stereocenters. The number of halogens is 4. The van der Waals surface area contributed by atoms with E-state index in [0.29, 0.717) is 31.7 Å². The van der Waals surface area contributed by atoms with Gasteiger partial charge in [-0.2, -0.15) is 0 Å². The molecule has 2 rings (SSSR count). The van der Waals surface area contributed by atoms with Gasteiger partial charge in [0, 0.05) is 15.0 Å². The molecular formula is C12H7Br2Cl2NO. The second kappa shape index (κ2) is 5.70. The maximum absolute atomic E-state index is 6.08. The van der Waals surface area contributed by atoms with E-state index in [-0.39, 0.29) is 0 Å². The van der Waals surface area contributed by atoms with Crippen molar-refractivity contribution in [2.24, 2.45) is 0 Å². The Labute approximate surface area is 131 Å². The predicted molar refractivity (Wildman–Crippen MR) is 82.8 cm³/mol. The summed E-state index contributed by atoms with van der Waals surface area (Å²) in [5, 5.41) is 0.966. The SMILES string of the molecule is Nc1ccc(Br)cc1Oc1cc(Cl)c(Br)cc1Cl. The van der Waals surface area contributed by atoms with Crippen LogP contribution in [0.15, 0.2) is 39.3 Å². The third-order valence-corrected chi connectivity index (χ3v) is 4.16. The van der Waals surface area contributed by atoms with Crippen LogP contribution in [0, 0.1) is 0 Å². The highest BCUT2D eigenvalue weighted by atomic mass is 79.9. The van der Waals surface area contributed by atoms with Gasteiger partial charge in [0.2, 0.25) is 0 Å². The van der Waals surface area contributed by atoms with Crippen molar-refractivity contribution >= 4 is 60.7 Å². The topological polar surface area (TPSA) is 35.2 Å². The molecule has 0 amide bonds. The van der Waals surface area contributed by atoms with Gasteiger partial charge in [-0.25, -0.2) is 0 Å². The summed E-state index contributed by atoms with van der Waals surface area (Å²) in [4.78, 5) is 0. The van der Waals surface area contributed by atoms with Gasteiger partial charge in [0.05, 0.1) is 15.7 Å². The van der Waals surface area contributed by atoms with Gasteiger partial charge in [-0.1, -0.05) is 39.1 Å². The average Bonchev–Trinajstić information content (AvgIpc) is 2.30. The smallest absolute Gasteiger partial charge is 0.151 e. The van der Waals surface area contributed by atoms with Gasteiger partial charge in [0.25, 0.3) is 0 Å². The number of rotatable bonds is 2. The zero-order valence-electron chi connectivity index (χ0n) is 8.88. The molecule has 0 radical (unpaired) electrons. The summed E-state index contributed by atoms with van der Waals surface area (Å²) < 4.78 is 7.24. The fourth-order valence-corrected chi connectivity index (χ4v) is 2.47. The summed E-state index contributed by atoms with van der Waals surface area (Å²) in [6.45, 7) is 0. The van der Waals surface area contributed by atoms with Crippen molar-refractivity contribution in [3.63, 3.8) is 0 Å². The summed E-state index contributed by atoms with van der Waals surface area (Å²) in [5.41, 5.74) is 6.35. The fourth-order valence-electron chi connectivity index (χ4n) is 1.30. The zero-order valence-corrected chi connectivity index (χ0v) is 13.6. The number of anilines is 1. The van der Waals surface area contributed by atoms with E-state index in [0.717, 1.165) is 4.47 Å². The first kappa shape index (κ1) is 14.0. The Hall–Kier alpha value is -0.420. The van der Waals surface area contributed by atoms with Crippen LogP contribution in [-0.4, -0.2) is 0 Å². The molecule has 94 valence electrons. The first-order valence-corrected chi connectivity index (χ1v) is 7.19. The van der Waals surface area contributed by atoms with Crippen molar-refractivity contribution in [1.82, 2.24) is 0 Å². The van der Waals surface area contributed by atoms with Gasteiger partial charge in [0.15, 0.2) is 5.75 Å². The summed E-state index contributed by atoms with van der Waals surface area (Å²) in [6, 6.07) is 8.65. The molecule has 18 heavy (non-hydrogen) atoms. The zero-order chi connectivity index (χ0) is 13.3. The van der Waals surface area contributed by atoms with E-state index < -0.39 is 0 Å². The number of hydrogen-bond acceptors (Lipinski definition) is 2. The summed E-state index contributed by atoms with van der Waals surface area (Å²) >= 11 is 18.7. The third-order valence-electron chi connectivity index (χ3n) is 2.17. The predicted octanol–water partition coefficient (Wildman–Crippen LogP) is 5.89. The van der Waals surface area contributed by atoms with Crippen molar-refractivity contribution in [2.75, 3.05) is 5.73 Å². The van der Waals surface area contributed by atoms with Crippen LogP contribution in [0.3, 0.4) is 0 Å². The molecule has 0 aromatic heterocycles. The van der Waals surface area contributed by atoms with Crippen LogP contribution in [-0.2, 0) is 0 Å². The largest absolute Gasteiger partial charge is 0.454 e. The monoisotopic (exact) mass is 409 g/mol. The maximum atomic E-state index is 6.08. The maximum Gasteiger partial charge on any atom is 0.151 e. The Balaban J connectivity index is 2.40. The van der Waals surface area contributed by atoms with Crippen LogP contribution in [0.4, 0.5) is 5.69 Å². The molecule has 0 saturated carbocycles. The Morgan fingerprint density at radius 3 is 2.39 bits per heavy atom. The highest BCUT2D eigenvalue weighted by Gasteiger charge is 2.10. The van der Waals surface area contributed by atoms with Crippen molar-refractivity contribution in [3.8, 4) is 11.5 Å². The van der Waals surface area contributed by atoms with E-state index in [2.05, 4.69) is 31.9 Å². The number of nitrogen functional groups attached to an aromatic ring is 1. The van der Waals surface area contributed by atoms with Crippen LogP contribution >= 0.6 is 55.1 Å². The molecule has 6 heteroatoms. The Morgan fingerprint density at radius 2 is 1.67 bits per heavy atom. The number of ether oxygens (including phenoxy) is 1. The van der Waals surface area contributed by atoms with E-state index in [1.54, 1.807) is 24.3 Å². The lowest BCUT2D eigenvalue weighted by Gasteiger charge is -2.11. The minimum atomic E-state index is 0.450. The van der Waals surface area contributed by atoms with Crippen molar-refractivity contribution < 1.29 is 4.74 Å². The van der Waals surface area contributed by atoms with Crippen LogP contribution in [0.5, 0.6) is 11.5 Å². The molecular weight excluding hydrogens is 405 g/mol. The molecule has 0 bridgehead atoms. The third kappa shape index (κ3) is 3.12. The number of benzene rings is 2. The van der Waals surface area contributed by atoms with Gasteiger partial charge in [-0.3, -0.25) is 0 Å². The minimum absolute atomic E-state index is 0.450. The lowest BCUT2D eigenvalue weighted by Crippen LogP contribution is -1.92. The molecule has 0 heterocycles. The van der Waals surface area contributed by atoms with Gasteiger partial charge in [-0.15, -0.1) is 0 Å². The van der Waals surface area contributed by atoms with Gasteiger partial charge in [-0.05, 0) is 40.2 Å². The van der Waals surface area contributed by atoms with Gasteiger partial charge < -0.3 is 10.5 Å². The molecule has 0 saturated heterocycles. The molecule has 0 unspecified atom stereocenters. The van der Waals surface area contributed by atoms with E-state index in [1.165, 1.54) is 0 Å². The summed E-state index contributed by atoms with van der Waals surface area (Å²) in [5.74, 6) is 0.972. The van der Waals surface area contributed by atoms with Crippen LogP contribution in [0.2, 0.25) is 10.0 Å². The molecule has 0 aliphatic heterocycles. The lowest BCUT2D eigenvalue weighted by molar-refractivity contribution is 0.485. The van der Waals surface area contributed by atoms with Gasteiger partial charge >= 0.3 is 0 Å². The molecule has 2 aromatic rings. The van der Waals surface area contributed by atoms with E-state index in [4.69, 9.17) is 33.7 Å². The average molecular weight is 412 g/mol. The first-order chi connectivity index (χ1) is 8.47. The number of hydrogen-bond donors (Lipinski definition) is 1. The van der Waals surface area contributed by atoms with Crippen LogP contribution in [0.1, 0.15) is 0 Å². The van der Waals surface area contributed by atoms with Crippen molar-refractivity contribution in [1.29, 1.82) is 0 Å². The summed E-state index contributed by atoms with van der Waals surface area (Å²) in [7, 11) is 0. The quantitative estimate of drug-likeness (QED) is 0.493. The highest BCUT2D eigenvalue weighted by Crippen LogP contribution is 2.38. The van der Waals surface area contributed by atoms with E-state index in [1.807, 2.05) is 6.07 Å². The molecule has 2 N–H and O–H groups in total. The normalized spacial score (nSPS) is 10.4. The molecule has 0 aliphatic rings. The van der Waals surface area contributed by atoms with Crippen LogP contribution in [0.25, 0.3) is 0 Å². The number of nitrogens with two attached hydrogens (primary N) is 1. The second-order valence-electron chi connectivity index (χ2n) is 3.48. The molecule has 0 aliphatic carbocycles. The van der Waals surface area contributed by atoms with Crippen molar-refractivity contribution in [2.45, 2.75) is 0 Å². The molecule has 0 spiro atoms. The minimum Gasteiger partial charge on any atom is -0.454 e. The van der Waals surface area contributed by atoms with E-state index >= 15 is 0 Å². The standard InChI is InChI=1S/C12H7Br2Cl2NO/c13-6-1-2-10(17)12(3-6)18-11-5-8(15)7(14)4-9(11)16/h1-5H,17H2. The van der Waals surface area contributed by atoms with Crippen molar-refractivity contribution in [3.05, 3.63) is 49.3 Å². The second-order valence-corrected chi connectivity index (χ2v) is 6.07. The molecule has 2 nitrogen and oxygen atoms in total. The van der Waals surface area contributed by atoms with Gasteiger partial charge in [0.1, 0.15) is 5.75 Å². The summed E-state index contributed by atoms with van der Waals surface area (Å²) in [6.07, 6.45) is 0. The molecule has 0 fully saturated rings. The Morgan fingerprint density at radius 1 is 0.944 bits per heavy atom. The molecule has 2 aromatic carbocycles. The fraction of sp³-hybridized carbons (Fsp3) is 0. The Bertz CT molecular complexity index is 605. The lowest BCUT2D eigenvalue weighted by atomic mass is 10.3. The van der Waals surface area contributed by atoms with E-state index in [9.17, 15) is 0 Å². The first-order valence-electron chi connectivity index (χ1n) is 4.85. The van der Waals surface area contributed by atoms with Crippen LogP contribution < -0.4 is 10.5 Å². The highest BCUT2D eigenvalue weighted by molar-refractivity contribution is 9.10. The Kier molecular flexibility index (Phi) is 4.43.